The molecule has 3 heterocycles. The summed E-state index contributed by atoms with van der Waals surface area (Å²) in [6.07, 6.45) is 3.70. The van der Waals surface area contributed by atoms with E-state index in [1.807, 2.05) is 11.7 Å². The van der Waals surface area contributed by atoms with Gasteiger partial charge in [-0.15, -0.1) is 16.4 Å². The minimum atomic E-state index is -1.11. The molecule has 0 radical (unpaired) electrons. The van der Waals surface area contributed by atoms with Crippen LogP contribution in [0.25, 0.3) is 21.2 Å². The zero-order chi connectivity index (χ0) is 32.3. The molecule has 45 heavy (non-hydrogen) atoms. The summed E-state index contributed by atoms with van der Waals surface area (Å²) in [6.45, 7) is 10.7. The third-order valence-electron chi connectivity index (χ3n) is 8.59. The second-order valence-corrected chi connectivity index (χ2v) is 12.8. The maximum absolute atomic E-state index is 13.7. The molecule has 2 atom stereocenters. The number of nitrogens with zero attached hydrogens (tertiary/aromatic N) is 4. The lowest BCUT2D eigenvalue weighted by molar-refractivity contribution is -0.136. The fourth-order valence-corrected chi connectivity index (χ4v) is 6.05. The van der Waals surface area contributed by atoms with Gasteiger partial charge in [-0.2, -0.15) is 0 Å². The number of unbranched alkanes of at least 4 members (excludes halogenated alkanes) is 1. The normalized spacial score (nSPS) is 13.7. The van der Waals surface area contributed by atoms with E-state index in [2.05, 4.69) is 71.8 Å². The summed E-state index contributed by atoms with van der Waals surface area (Å²) in [5, 5.41) is 25.4. The number of rotatable bonds is 13. The molecule has 0 aliphatic rings. The molecule has 0 unspecified atom stereocenters. The van der Waals surface area contributed by atoms with Crippen molar-refractivity contribution >= 4 is 50.1 Å². The molecule has 0 saturated carbocycles. The monoisotopic (exact) mass is 630 g/mol. The first-order valence-electron chi connectivity index (χ1n) is 15.1. The van der Waals surface area contributed by atoms with Crippen LogP contribution < -0.4 is 16.3 Å². The van der Waals surface area contributed by atoms with Gasteiger partial charge in [-0.25, -0.2) is 14.5 Å². The summed E-state index contributed by atoms with van der Waals surface area (Å²) in [5.41, 5.74) is 4.84. The number of carboxylic acids is 1. The van der Waals surface area contributed by atoms with Gasteiger partial charge in [0.25, 0.3) is 0 Å². The van der Waals surface area contributed by atoms with Crippen LogP contribution in [0.1, 0.15) is 75.4 Å². The molecule has 11 nitrogen and oxygen atoms in total. The molecule has 1 amide bonds. The number of hydrogen-bond donors (Lipinski definition) is 3. The van der Waals surface area contributed by atoms with Crippen molar-refractivity contribution in [1.29, 1.82) is 0 Å². The molecule has 2 aromatic carbocycles. The van der Waals surface area contributed by atoms with Gasteiger partial charge in [-0.1, -0.05) is 44.9 Å². The van der Waals surface area contributed by atoms with Gasteiger partial charge in [0.1, 0.15) is 17.3 Å². The zero-order valence-corrected chi connectivity index (χ0v) is 26.9. The van der Waals surface area contributed by atoms with Gasteiger partial charge in [0.15, 0.2) is 0 Å². The van der Waals surface area contributed by atoms with Crippen LogP contribution in [-0.4, -0.2) is 37.0 Å². The predicted octanol–water partition coefficient (Wildman–Crippen LogP) is 5.96. The molecule has 0 aliphatic heterocycles. The Morgan fingerprint density at radius 3 is 2.71 bits per heavy atom. The number of aromatic nitrogens is 4. The summed E-state index contributed by atoms with van der Waals surface area (Å²) >= 11 is 1.62. The maximum Gasteiger partial charge on any atom is 0.340 e. The number of aryl methyl sites for hydroxylation is 1. The number of fused-ring (bicyclic) bond motifs is 2. The fraction of sp³-hybridized carbons (Fsp3) is 0.394. The van der Waals surface area contributed by atoms with Crippen LogP contribution >= 0.6 is 11.3 Å². The standard InChI is InChI=1S/C33H38N6O5S/c1-6-7-8-26(31(42)36-22-10-11-23-20(4)24(15-30(40)41)32(43)44-27(23)14-22)39-17-29(37-38-39)33(5,19(2)3)35-16-21-9-12-28-25(13-21)34-18-45-28/h9-14,17-19,26,35H,6-8,15-16H2,1-5H3,(H,36,42)(H,40,41)/t26-,33-/m0/s1. The van der Waals surface area contributed by atoms with Gasteiger partial charge in [-0.3, -0.25) is 9.59 Å². The lowest BCUT2D eigenvalue weighted by Gasteiger charge is -2.33. The van der Waals surface area contributed by atoms with Crippen molar-refractivity contribution in [2.75, 3.05) is 5.32 Å². The van der Waals surface area contributed by atoms with E-state index < -0.39 is 29.6 Å². The molecule has 3 aromatic heterocycles. The molecule has 0 aliphatic carbocycles. The summed E-state index contributed by atoms with van der Waals surface area (Å²) < 4.78 is 8.22. The first kappa shape index (κ1) is 32.0. The summed E-state index contributed by atoms with van der Waals surface area (Å²) in [5.74, 6) is -1.21. The number of amides is 1. The number of carbonyl (C=O) groups is 2. The number of aliphatic carboxylic acids is 1. The Balaban J connectivity index is 1.37. The average Bonchev–Trinajstić information content (AvgIpc) is 3.68. The maximum atomic E-state index is 13.7. The molecule has 0 spiro atoms. The number of carbonyl (C=O) groups excluding carboxylic acids is 1. The molecule has 0 fully saturated rings. The Labute approximate surface area is 264 Å². The van der Waals surface area contributed by atoms with E-state index in [1.54, 1.807) is 41.1 Å². The lowest BCUT2D eigenvalue weighted by atomic mass is 9.85. The van der Waals surface area contributed by atoms with Crippen LogP contribution in [0.4, 0.5) is 5.69 Å². The summed E-state index contributed by atoms with van der Waals surface area (Å²) in [7, 11) is 0. The first-order chi connectivity index (χ1) is 21.5. The smallest absolute Gasteiger partial charge is 0.340 e. The third-order valence-corrected chi connectivity index (χ3v) is 9.40. The molecule has 12 heteroatoms. The van der Waals surface area contributed by atoms with Gasteiger partial charge < -0.3 is 20.2 Å². The highest BCUT2D eigenvalue weighted by Crippen LogP contribution is 2.30. The Bertz CT molecular complexity index is 1910. The van der Waals surface area contributed by atoms with Gasteiger partial charge >= 0.3 is 11.6 Å². The van der Waals surface area contributed by atoms with E-state index in [9.17, 15) is 14.4 Å². The Hall–Kier alpha value is -4.42. The lowest BCUT2D eigenvalue weighted by Crippen LogP contribution is -2.44. The second kappa shape index (κ2) is 13.3. The van der Waals surface area contributed by atoms with Crippen LogP contribution in [0, 0.1) is 12.8 Å². The van der Waals surface area contributed by atoms with E-state index in [-0.39, 0.29) is 23.0 Å². The zero-order valence-electron chi connectivity index (χ0n) is 26.1. The molecule has 3 N–H and O–H groups in total. The van der Waals surface area contributed by atoms with Crippen LogP contribution in [0.2, 0.25) is 0 Å². The molecular formula is C33H38N6O5S. The number of anilines is 1. The number of benzene rings is 2. The van der Waals surface area contributed by atoms with Gasteiger partial charge in [0.2, 0.25) is 5.91 Å². The first-order valence-corrected chi connectivity index (χ1v) is 16.0. The van der Waals surface area contributed by atoms with E-state index in [4.69, 9.17) is 9.52 Å². The van der Waals surface area contributed by atoms with Crippen molar-refractivity contribution < 1.29 is 19.1 Å². The van der Waals surface area contributed by atoms with Crippen LogP contribution in [0.15, 0.2) is 57.3 Å². The summed E-state index contributed by atoms with van der Waals surface area (Å²) in [4.78, 5) is 41.8. The Morgan fingerprint density at radius 2 is 1.98 bits per heavy atom. The van der Waals surface area contributed by atoms with Crippen molar-refractivity contribution in [3.05, 3.63) is 80.9 Å². The van der Waals surface area contributed by atoms with E-state index >= 15 is 0 Å². The third kappa shape index (κ3) is 6.81. The van der Waals surface area contributed by atoms with Crippen molar-refractivity contribution in [3.63, 3.8) is 0 Å². The largest absolute Gasteiger partial charge is 0.481 e. The van der Waals surface area contributed by atoms with Crippen LogP contribution in [-0.2, 0) is 28.1 Å². The van der Waals surface area contributed by atoms with E-state index in [0.29, 0.717) is 29.6 Å². The van der Waals surface area contributed by atoms with Crippen molar-refractivity contribution in [1.82, 2.24) is 25.3 Å². The quantitative estimate of drug-likeness (QED) is 0.134. The number of carboxylic acid groups (broad SMARTS) is 1. The molecule has 5 aromatic rings. The van der Waals surface area contributed by atoms with Crippen LogP contribution in [0.3, 0.4) is 0 Å². The van der Waals surface area contributed by atoms with Gasteiger partial charge in [0, 0.05) is 23.7 Å². The highest BCUT2D eigenvalue weighted by molar-refractivity contribution is 7.16. The summed E-state index contributed by atoms with van der Waals surface area (Å²) in [6, 6.07) is 10.7. The Kier molecular flexibility index (Phi) is 9.45. The second-order valence-electron chi connectivity index (χ2n) is 11.9. The van der Waals surface area contributed by atoms with Gasteiger partial charge in [0.05, 0.1) is 39.4 Å². The van der Waals surface area contributed by atoms with Crippen molar-refractivity contribution in [3.8, 4) is 0 Å². The number of hydrogen-bond acceptors (Lipinski definition) is 9. The highest BCUT2D eigenvalue weighted by Gasteiger charge is 2.34. The van der Waals surface area contributed by atoms with E-state index in [0.717, 1.165) is 34.3 Å². The molecule has 236 valence electrons. The number of nitrogens with one attached hydrogen (secondary N) is 2. The van der Waals surface area contributed by atoms with Crippen molar-refractivity contribution in [2.24, 2.45) is 5.92 Å². The fourth-order valence-electron chi connectivity index (χ4n) is 5.39. The molecular weight excluding hydrogens is 592 g/mol. The topological polar surface area (TPSA) is 152 Å². The molecule has 0 bridgehead atoms. The molecule has 5 rings (SSSR count). The van der Waals surface area contributed by atoms with Crippen molar-refractivity contribution in [2.45, 2.75) is 78.4 Å². The van der Waals surface area contributed by atoms with Gasteiger partial charge in [-0.05, 0) is 61.6 Å². The predicted molar refractivity (Wildman–Crippen MR) is 174 cm³/mol. The minimum absolute atomic E-state index is 0.108. The number of thiazole rings is 1. The minimum Gasteiger partial charge on any atom is -0.481 e. The van der Waals surface area contributed by atoms with E-state index in [1.165, 1.54) is 0 Å². The van der Waals surface area contributed by atoms with Crippen LogP contribution in [0.5, 0.6) is 0 Å². The SMILES string of the molecule is CCCC[C@@H](C(=O)Nc1ccc2c(C)c(CC(=O)O)c(=O)oc2c1)n1cc([C@@](C)(NCc2ccc3scnc3c2)C(C)C)nn1. The average molecular weight is 631 g/mol. The molecule has 0 saturated heterocycles. The Morgan fingerprint density at radius 1 is 1.18 bits per heavy atom. The highest BCUT2D eigenvalue weighted by atomic mass is 32.1.